The third-order valence-corrected chi connectivity index (χ3v) is 3.16. The molecule has 114 valence electrons. The maximum absolute atomic E-state index is 11.9. The van der Waals surface area contributed by atoms with Gasteiger partial charge in [0, 0.05) is 13.1 Å². The van der Waals surface area contributed by atoms with Gasteiger partial charge in [-0.2, -0.15) is 0 Å². The lowest BCUT2D eigenvalue weighted by atomic mass is 9.93. The Morgan fingerprint density at radius 3 is 2.47 bits per heavy atom. The molecule has 0 fully saturated rings. The molecule has 0 aliphatic heterocycles. The van der Waals surface area contributed by atoms with Crippen LogP contribution in [0.2, 0.25) is 0 Å². The number of nitrogens with one attached hydrogen (secondary N) is 1. The van der Waals surface area contributed by atoms with Crippen LogP contribution in [0.15, 0.2) is 0 Å². The molecule has 0 unspecified atom stereocenters. The summed E-state index contributed by atoms with van der Waals surface area (Å²) in [6.45, 7) is 14.5. The van der Waals surface area contributed by atoms with Gasteiger partial charge in [-0.15, -0.1) is 0 Å². The number of carbonyl (C=O) groups excluding carboxylic acids is 1. The van der Waals surface area contributed by atoms with Crippen molar-refractivity contribution in [1.82, 2.24) is 10.2 Å². The van der Waals surface area contributed by atoms with Crippen LogP contribution in [-0.2, 0) is 4.79 Å². The lowest BCUT2D eigenvalue weighted by Gasteiger charge is -2.31. The Morgan fingerprint density at radius 1 is 1.37 bits per heavy atom. The highest BCUT2D eigenvalue weighted by atomic mass is 16.2. The zero-order valence-electron chi connectivity index (χ0n) is 13.5. The lowest BCUT2D eigenvalue weighted by Crippen LogP contribution is -2.44. The molecule has 0 saturated heterocycles. The third kappa shape index (κ3) is 9.91. The van der Waals surface area contributed by atoms with Crippen molar-refractivity contribution in [3.05, 3.63) is 0 Å². The van der Waals surface area contributed by atoms with E-state index in [-0.39, 0.29) is 11.3 Å². The van der Waals surface area contributed by atoms with E-state index in [4.69, 9.17) is 5.73 Å². The van der Waals surface area contributed by atoms with Crippen LogP contribution in [0.25, 0.3) is 0 Å². The van der Waals surface area contributed by atoms with Crippen LogP contribution in [0.3, 0.4) is 0 Å². The second kappa shape index (κ2) is 9.32. The van der Waals surface area contributed by atoms with Crippen molar-refractivity contribution in [1.29, 1.82) is 0 Å². The van der Waals surface area contributed by atoms with Crippen molar-refractivity contribution in [3.8, 4) is 0 Å². The topological polar surface area (TPSA) is 58.4 Å². The Bertz CT molecular complexity index is 252. The molecule has 4 heteroatoms. The minimum Gasteiger partial charge on any atom is -0.355 e. The van der Waals surface area contributed by atoms with Gasteiger partial charge in [-0.3, -0.25) is 9.69 Å². The first-order valence-corrected chi connectivity index (χ1v) is 7.50. The summed E-state index contributed by atoms with van der Waals surface area (Å²) < 4.78 is 0. The first-order chi connectivity index (χ1) is 8.80. The zero-order chi connectivity index (χ0) is 14.9. The molecule has 0 bridgehead atoms. The van der Waals surface area contributed by atoms with E-state index in [0.29, 0.717) is 19.0 Å². The predicted molar refractivity (Wildman–Crippen MR) is 82.0 cm³/mol. The maximum Gasteiger partial charge on any atom is 0.234 e. The van der Waals surface area contributed by atoms with Gasteiger partial charge in [-0.05, 0) is 37.3 Å². The van der Waals surface area contributed by atoms with Crippen LogP contribution in [0.5, 0.6) is 0 Å². The van der Waals surface area contributed by atoms with Gasteiger partial charge in [0.05, 0.1) is 6.54 Å². The normalized spacial score (nSPS) is 12.2. The van der Waals surface area contributed by atoms with Gasteiger partial charge in [0.15, 0.2) is 0 Å². The standard InChI is InChI=1S/C15H33N3O/c1-6-9-18(12-15(4,5)11-16)10-14(19)17-8-7-13(2)3/h13H,6-12,16H2,1-5H3,(H,17,19). The van der Waals surface area contributed by atoms with Crippen molar-refractivity contribution >= 4 is 5.91 Å². The fourth-order valence-corrected chi connectivity index (χ4v) is 1.96. The minimum absolute atomic E-state index is 0.0629. The number of carbonyl (C=O) groups is 1. The Kier molecular flexibility index (Phi) is 9.02. The first-order valence-electron chi connectivity index (χ1n) is 7.50. The molecule has 0 aromatic carbocycles. The summed E-state index contributed by atoms with van der Waals surface area (Å²) in [7, 11) is 0. The minimum atomic E-state index is 0.0629. The maximum atomic E-state index is 11.9. The monoisotopic (exact) mass is 271 g/mol. The summed E-state index contributed by atoms with van der Waals surface area (Å²) >= 11 is 0. The lowest BCUT2D eigenvalue weighted by molar-refractivity contribution is -0.122. The number of hydrogen-bond acceptors (Lipinski definition) is 3. The van der Waals surface area contributed by atoms with E-state index in [2.05, 4.69) is 44.8 Å². The van der Waals surface area contributed by atoms with Crippen LogP contribution >= 0.6 is 0 Å². The first kappa shape index (κ1) is 18.4. The summed E-state index contributed by atoms with van der Waals surface area (Å²) in [5.74, 6) is 0.755. The molecule has 4 nitrogen and oxygen atoms in total. The molecule has 0 aromatic heterocycles. The molecule has 3 N–H and O–H groups in total. The molecule has 0 atom stereocenters. The van der Waals surface area contributed by atoms with Gasteiger partial charge in [-0.25, -0.2) is 0 Å². The van der Waals surface area contributed by atoms with E-state index in [1.165, 1.54) is 0 Å². The molecule has 0 aliphatic carbocycles. The van der Waals surface area contributed by atoms with Crippen molar-refractivity contribution < 1.29 is 4.79 Å². The van der Waals surface area contributed by atoms with Crippen molar-refractivity contribution in [2.45, 2.75) is 47.5 Å². The van der Waals surface area contributed by atoms with E-state index in [1.807, 2.05) is 0 Å². The second-order valence-electron chi connectivity index (χ2n) is 6.61. The summed E-state index contributed by atoms with van der Waals surface area (Å²) in [5, 5.41) is 2.99. The number of rotatable bonds is 10. The average Bonchev–Trinajstić information content (AvgIpc) is 2.28. The molecule has 19 heavy (non-hydrogen) atoms. The highest BCUT2D eigenvalue weighted by Crippen LogP contribution is 2.14. The van der Waals surface area contributed by atoms with Crippen molar-refractivity contribution in [2.24, 2.45) is 17.1 Å². The molecule has 0 heterocycles. The highest BCUT2D eigenvalue weighted by molar-refractivity contribution is 5.77. The number of nitrogens with zero attached hydrogens (tertiary/aromatic N) is 1. The largest absolute Gasteiger partial charge is 0.355 e. The van der Waals surface area contributed by atoms with Gasteiger partial charge in [-0.1, -0.05) is 34.6 Å². The molecule has 0 radical (unpaired) electrons. The summed E-state index contributed by atoms with van der Waals surface area (Å²) in [5.41, 5.74) is 5.83. The van der Waals surface area contributed by atoms with Crippen LogP contribution in [0.4, 0.5) is 0 Å². The summed E-state index contributed by atoms with van der Waals surface area (Å²) in [4.78, 5) is 14.1. The fraction of sp³-hybridized carbons (Fsp3) is 0.933. The smallest absolute Gasteiger partial charge is 0.234 e. The Morgan fingerprint density at radius 2 is 2.00 bits per heavy atom. The van der Waals surface area contributed by atoms with Gasteiger partial charge in [0.1, 0.15) is 0 Å². The zero-order valence-corrected chi connectivity index (χ0v) is 13.5. The number of hydrogen-bond donors (Lipinski definition) is 2. The van der Waals surface area contributed by atoms with E-state index < -0.39 is 0 Å². The van der Waals surface area contributed by atoms with Crippen LogP contribution < -0.4 is 11.1 Å². The molecule has 0 saturated carbocycles. The van der Waals surface area contributed by atoms with E-state index in [1.54, 1.807) is 0 Å². The Balaban J connectivity index is 4.15. The van der Waals surface area contributed by atoms with Crippen LogP contribution in [-0.4, -0.2) is 43.5 Å². The van der Waals surface area contributed by atoms with Crippen LogP contribution in [0, 0.1) is 11.3 Å². The molecular formula is C15H33N3O. The summed E-state index contributed by atoms with van der Waals surface area (Å²) in [6.07, 6.45) is 2.09. The molecule has 1 amide bonds. The number of nitrogens with two attached hydrogens (primary N) is 1. The van der Waals surface area contributed by atoms with Gasteiger partial charge < -0.3 is 11.1 Å². The summed E-state index contributed by atoms with van der Waals surface area (Å²) in [6, 6.07) is 0. The Hall–Kier alpha value is -0.610. The van der Waals surface area contributed by atoms with Crippen molar-refractivity contribution in [3.63, 3.8) is 0 Å². The van der Waals surface area contributed by atoms with Crippen LogP contribution in [0.1, 0.15) is 47.5 Å². The molecule has 0 aromatic rings. The molecule has 0 rings (SSSR count). The number of amides is 1. The van der Waals surface area contributed by atoms with Gasteiger partial charge in [0.2, 0.25) is 5.91 Å². The molecule has 0 aliphatic rings. The Labute approximate surface area is 119 Å². The highest BCUT2D eigenvalue weighted by Gasteiger charge is 2.21. The quantitative estimate of drug-likeness (QED) is 0.637. The molecular weight excluding hydrogens is 238 g/mol. The SMILES string of the molecule is CCCN(CC(=O)NCCC(C)C)CC(C)(C)CN. The fourth-order valence-electron chi connectivity index (χ4n) is 1.96. The van der Waals surface area contributed by atoms with Crippen molar-refractivity contribution in [2.75, 3.05) is 32.7 Å². The molecule has 0 spiro atoms. The van der Waals surface area contributed by atoms with Gasteiger partial charge in [0.25, 0.3) is 0 Å². The van der Waals surface area contributed by atoms with E-state index in [0.717, 1.165) is 32.5 Å². The van der Waals surface area contributed by atoms with Gasteiger partial charge >= 0.3 is 0 Å². The van der Waals surface area contributed by atoms with E-state index >= 15 is 0 Å². The predicted octanol–water partition coefficient (Wildman–Crippen LogP) is 1.85. The van der Waals surface area contributed by atoms with E-state index in [9.17, 15) is 4.79 Å². The second-order valence-corrected chi connectivity index (χ2v) is 6.61. The third-order valence-electron chi connectivity index (χ3n) is 3.16. The average molecular weight is 271 g/mol.